The van der Waals surface area contributed by atoms with E-state index in [9.17, 15) is 23.2 Å². The molecule has 0 unspecified atom stereocenters. The van der Waals surface area contributed by atoms with Gasteiger partial charge in [-0.2, -0.15) is 0 Å². The molecule has 2 aliphatic heterocycles. The van der Waals surface area contributed by atoms with Gasteiger partial charge in [0, 0.05) is 24.3 Å². The van der Waals surface area contributed by atoms with Crippen LogP contribution in [0.3, 0.4) is 0 Å². The first kappa shape index (κ1) is 33.8. The number of ether oxygens (including phenoxy) is 3. The molecule has 2 fully saturated rings. The zero-order chi connectivity index (χ0) is 33.4. The summed E-state index contributed by atoms with van der Waals surface area (Å²) in [7, 11) is 1.58. The molecule has 1 saturated heterocycles. The fourth-order valence-corrected chi connectivity index (χ4v) is 7.09. The van der Waals surface area contributed by atoms with Crippen LogP contribution in [-0.2, 0) is 20.7 Å². The Morgan fingerprint density at radius 3 is 2.57 bits per heavy atom. The SMILES string of the molecule is COc1ccc2nc3c(nc2c1)O[C@H]1CN(C(=O)[C@H](C(C)(C)C)NC(=O)O[C@]2(CC(F)F)C[C@H]2CCCCCC3)[C@H](C(C)=O)[C@@H]1C. The number of hydrogen-bond donors (Lipinski definition) is 1. The molecule has 1 N–H and O–H groups in total. The van der Waals surface area contributed by atoms with Gasteiger partial charge >= 0.3 is 6.09 Å². The fraction of sp³-hybridized carbons (Fsp3) is 0.676. The van der Waals surface area contributed by atoms with Crippen molar-refractivity contribution in [1.29, 1.82) is 0 Å². The number of carbonyl (C=O) groups is 3. The van der Waals surface area contributed by atoms with Gasteiger partial charge in [-0.05, 0) is 50.2 Å². The Bertz CT molecular complexity index is 1470. The van der Waals surface area contributed by atoms with E-state index in [1.165, 1.54) is 11.8 Å². The number of hydrogen-bond acceptors (Lipinski definition) is 8. The molecule has 46 heavy (non-hydrogen) atoms. The van der Waals surface area contributed by atoms with Gasteiger partial charge in [-0.3, -0.25) is 9.59 Å². The Hall–Kier alpha value is -3.57. The average Bonchev–Trinajstić information content (AvgIpc) is 3.52. The van der Waals surface area contributed by atoms with Crippen molar-refractivity contribution in [2.75, 3.05) is 13.7 Å². The highest BCUT2D eigenvalue weighted by Gasteiger charge is 2.59. The van der Waals surface area contributed by atoms with E-state index in [-0.39, 0.29) is 18.2 Å². The third kappa shape index (κ3) is 7.20. The highest BCUT2D eigenvalue weighted by Crippen LogP contribution is 2.53. The number of fused-ring (bicyclic) bond motifs is 5. The Labute approximate surface area is 268 Å². The maximum atomic E-state index is 14.2. The number of halogens is 2. The Balaban J connectivity index is 1.51. The second kappa shape index (κ2) is 13.3. The van der Waals surface area contributed by atoms with Crippen molar-refractivity contribution in [3.63, 3.8) is 0 Å². The molecule has 0 radical (unpaired) electrons. The molecule has 3 aliphatic rings. The quantitative estimate of drug-likeness (QED) is 0.438. The molecule has 10 nitrogen and oxygen atoms in total. The first-order valence-corrected chi connectivity index (χ1v) is 16.3. The van der Waals surface area contributed by atoms with Crippen LogP contribution in [-0.4, -0.2) is 76.5 Å². The van der Waals surface area contributed by atoms with Gasteiger partial charge in [0.1, 0.15) is 29.2 Å². The topological polar surface area (TPSA) is 120 Å². The highest BCUT2D eigenvalue weighted by atomic mass is 19.3. The van der Waals surface area contributed by atoms with E-state index in [2.05, 4.69) is 5.32 Å². The number of Topliss-reactive ketones (excluding diaryl/α,β-unsaturated/α-hetero) is 1. The number of ketones is 1. The minimum absolute atomic E-state index is 0.0855. The van der Waals surface area contributed by atoms with E-state index >= 15 is 0 Å². The van der Waals surface area contributed by atoms with E-state index in [0.717, 1.165) is 25.7 Å². The third-order valence-corrected chi connectivity index (χ3v) is 9.73. The molecule has 1 saturated carbocycles. The summed E-state index contributed by atoms with van der Waals surface area (Å²) in [4.78, 5) is 51.7. The summed E-state index contributed by atoms with van der Waals surface area (Å²) < 4.78 is 44.9. The van der Waals surface area contributed by atoms with Crippen molar-refractivity contribution in [1.82, 2.24) is 20.2 Å². The van der Waals surface area contributed by atoms with Gasteiger partial charge < -0.3 is 24.4 Å². The van der Waals surface area contributed by atoms with Crippen LogP contribution >= 0.6 is 0 Å². The molecule has 252 valence electrons. The van der Waals surface area contributed by atoms with Crippen LogP contribution in [0.2, 0.25) is 0 Å². The molecule has 1 aromatic carbocycles. The number of alkyl halides is 2. The summed E-state index contributed by atoms with van der Waals surface area (Å²) >= 11 is 0. The zero-order valence-corrected chi connectivity index (χ0v) is 27.6. The first-order valence-electron chi connectivity index (χ1n) is 16.3. The van der Waals surface area contributed by atoms with Gasteiger partial charge in [-0.25, -0.2) is 23.5 Å². The predicted octanol–water partition coefficient (Wildman–Crippen LogP) is 5.88. The minimum atomic E-state index is -2.63. The summed E-state index contributed by atoms with van der Waals surface area (Å²) in [5.74, 6) is -0.245. The number of benzene rings is 1. The van der Waals surface area contributed by atoms with Crippen LogP contribution in [0.1, 0.15) is 85.3 Å². The number of nitrogens with one attached hydrogen (secondary N) is 1. The average molecular weight is 645 g/mol. The number of alkyl carbamates (subject to hydrolysis) is 1. The molecule has 0 spiro atoms. The number of amides is 2. The number of nitrogens with zero attached hydrogens (tertiary/aromatic N) is 3. The Kier molecular flexibility index (Phi) is 9.75. The molecular weight excluding hydrogens is 598 g/mol. The molecule has 6 atom stereocenters. The van der Waals surface area contributed by atoms with Crippen LogP contribution in [0.5, 0.6) is 11.6 Å². The number of carbonyl (C=O) groups excluding carboxylic acids is 3. The summed E-state index contributed by atoms with van der Waals surface area (Å²) in [5, 5.41) is 2.70. The second-order valence-electron chi connectivity index (χ2n) is 14.2. The highest BCUT2D eigenvalue weighted by molar-refractivity contribution is 5.92. The molecule has 1 aromatic heterocycles. The summed E-state index contributed by atoms with van der Waals surface area (Å²) in [6.07, 6.45) is 0.402. The largest absolute Gasteiger partial charge is 0.497 e. The molecular formula is C34H46F2N4O6. The van der Waals surface area contributed by atoms with Crippen LogP contribution in [0.25, 0.3) is 11.0 Å². The van der Waals surface area contributed by atoms with Gasteiger partial charge in [0.2, 0.25) is 18.2 Å². The van der Waals surface area contributed by atoms with Crippen molar-refractivity contribution >= 4 is 28.8 Å². The minimum Gasteiger partial charge on any atom is -0.497 e. The van der Waals surface area contributed by atoms with Crippen molar-refractivity contribution in [3.8, 4) is 11.6 Å². The normalized spacial score (nSPS) is 29.4. The summed E-state index contributed by atoms with van der Waals surface area (Å²) in [6, 6.07) is 3.58. The molecule has 12 heteroatoms. The number of rotatable bonds is 4. The lowest BCUT2D eigenvalue weighted by atomic mass is 9.85. The molecule has 2 bridgehead atoms. The van der Waals surface area contributed by atoms with Gasteiger partial charge in [-0.1, -0.05) is 47.0 Å². The monoisotopic (exact) mass is 644 g/mol. The fourth-order valence-electron chi connectivity index (χ4n) is 7.09. The van der Waals surface area contributed by atoms with E-state index in [0.29, 0.717) is 47.6 Å². The zero-order valence-electron chi connectivity index (χ0n) is 27.6. The van der Waals surface area contributed by atoms with E-state index in [1.807, 2.05) is 19.1 Å². The van der Waals surface area contributed by atoms with E-state index < -0.39 is 60.0 Å². The second-order valence-corrected chi connectivity index (χ2v) is 14.2. The summed E-state index contributed by atoms with van der Waals surface area (Å²) in [5.41, 5.74) is -0.0303. The lowest BCUT2D eigenvalue weighted by Crippen LogP contribution is -2.57. The van der Waals surface area contributed by atoms with Crippen LogP contribution in [0.4, 0.5) is 13.6 Å². The molecule has 2 amide bonds. The van der Waals surface area contributed by atoms with Crippen LogP contribution in [0, 0.1) is 17.3 Å². The third-order valence-electron chi connectivity index (χ3n) is 9.73. The van der Waals surface area contributed by atoms with Gasteiger partial charge in [0.25, 0.3) is 0 Å². The van der Waals surface area contributed by atoms with Crippen LogP contribution < -0.4 is 14.8 Å². The lowest BCUT2D eigenvalue weighted by Gasteiger charge is -2.35. The van der Waals surface area contributed by atoms with Crippen molar-refractivity contribution in [3.05, 3.63) is 23.9 Å². The molecule has 5 rings (SSSR count). The van der Waals surface area contributed by atoms with Crippen molar-refractivity contribution in [2.24, 2.45) is 17.3 Å². The number of methoxy groups -OCH3 is 1. The van der Waals surface area contributed by atoms with Gasteiger partial charge in [0.05, 0.1) is 30.7 Å². The Morgan fingerprint density at radius 2 is 1.89 bits per heavy atom. The number of aryl methyl sites for hydroxylation is 1. The van der Waals surface area contributed by atoms with Crippen molar-refractivity contribution in [2.45, 2.75) is 116 Å². The maximum absolute atomic E-state index is 14.2. The van der Waals surface area contributed by atoms with Crippen LogP contribution in [0.15, 0.2) is 18.2 Å². The summed E-state index contributed by atoms with van der Waals surface area (Å²) in [6.45, 7) is 8.76. The predicted molar refractivity (Wildman–Crippen MR) is 167 cm³/mol. The van der Waals surface area contributed by atoms with Crippen molar-refractivity contribution < 1.29 is 37.4 Å². The van der Waals surface area contributed by atoms with E-state index in [1.54, 1.807) is 33.9 Å². The first-order chi connectivity index (χ1) is 21.7. The lowest BCUT2D eigenvalue weighted by molar-refractivity contribution is -0.141. The standard InChI is InChI=1S/C34H46F2N4O6/c1-19-26-18-40(28(19)20(2)41)31(42)29(33(3,4)5)39-32(43)46-34(17-27(35)36)16-21(34)11-9-7-8-10-12-24-30(45-26)38-25-15-22(44-6)13-14-23(25)37-24/h13-15,19,21,26-29H,7-12,16-18H2,1-6H3,(H,39,43)/t19-,21-,26+,28+,29-,34+/m1/s1. The van der Waals surface area contributed by atoms with Gasteiger partial charge in [0.15, 0.2) is 5.78 Å². The smallest absolute Gasteiger partial charge is 0.408 e. The van der Waals surface area contributed by atoms with E-state index in [4.69, 9.17) is 24.2 Å². The molecule has 1 aliphatic carbocycles. The Morgan fingerprint density at radius 1 is 1.15 bits per heavy atom. The molecule has 2 aromatic rings. The van der Waals surface area contributed by atoms with Gasteiger partial charge in [-0.15, -0.1) is 0 Å². The maximum Gasteiger partial charge on any atom is 0.408 e. The molecule has 3 heterocycles. The number of aromatic nitrogens is 2.